The number of hydrogen-bond acceptors (Lipinski definition) is 4. The molecular weight excluding hydrogens is 280 g/mol. The highest BCUT2D eigenvalue weighted by Gasteiger charge is 2.28. The minimum absolute atomic E-state index is 0.0317. The first-order valence-corrected chi connectivity index (χ1v) is 8.03. The van der Waals surface area contributed by atoms with Crippen molar-refractivity contribution in [2.45, 2.75) is 52.6 Å². The van der Waals surface area contributed by atoms with Crippen molar-refractivity contribution < 1.29 is 19.1 Å². The van der Waals surface area contributed by atoms with E-state index in [1.54, 1.807) is 13.0 Å². The van der Waals surface area contributed by atoms with Crippen LogP contribution < -0.4 is 4.74 Å². The van der Waals surface area contributed by atoms with E-state index in [4.69, 9.17) is 9.47 Å². The highest BCUT2D eigenvalue weighted by atomic mass is 16.6. The van der Waals surface area contributed by atoms with Crippen molar-refractivity contribution in [1.82, 2.24) is 0 Å². The Labute approximate surface area is 131 Å². The van der Waals surface area contributed by atoms with Crippen molar-refractivity contribution in [3.8, 4) is 5.75 Å². The van der Waals surface area contributed by atoms with E-state index in [9.17, 15) is 9.59 Å². The molecule has 1 aliphatic rings. The largest absolute Gasteiger partial charge is 0.478 e. The van der Waals surface area contributed by atoms with Gasteiger partial charge in [0.05, 0.1) is 12.2 Å². The van der Waals surface area contributed by atoms with E-state index in [0.29, 0.717) is 24.3 Å². The number of fused-ring (bicyclic) bond motifs is 1. The van der Waals surface area contributed by atoms with Crippen molar-refractivity contribution in [2.24, 2.45) is 5.92 Å². The monoisotopic (exact) mass is 304 g/mol. The van der Waals surface area contributed by atoms with Crippen LogP contribution in [0.4, 0.5) is 0 Å². The van der Waals surface area contributed by atoms with E-state index < -0.39 is 6.10 Å². The fraction of sp³-hybridized carbons (Fsp3) is 0.556. The number of Topliss-reactive ketones (excluding diaryl/α,β-unsaturated/α-hetero) is 1. The average Bonchev–Trinajstić information content (AvgIpc) is 2.67. The summed E-state index contributed by atoms with van der Waals surface area (Å²) in [5, 5.41) is 0. The van der Waals surface area contributed by atoms with E-state index >= 15 is 0 Å². The fourth-order valence-corrected chi connectivity index (χ4v) is 2.74. The molecule has 0 heterocycles. The summed E-state index contributed by atoms with van der Waals surface area (Å²) in [6.45, 7) is 5.90. The van der Waals surface area contributed by atoms with Gasteiger partial charge >= 0.3 is 5.97 Å². The number of carbonyl (C=O) groups is 2. The molecule has 2 rings (SSSR count). The standard InChI is InChI=1S/C18H24O4/c1-4-21-18(20)17(12(2)3)22-15-11-7-9-13-8-5-6-10-14(19)16(13)15/h7,9,11-12,17H,4-6,8,10H2,1-3H3. The Hall–Kier alpha value is -1.84. The molecule has 0 saturated carbocycles. The molecule has 0 fully saturated rings. The minimum atomic E-state index is -0.692. The van der Waals surface area contributed by atoms with Crippen LogP contribution in [-0.2, 0) is 16.0 Å². The van der Waals surface area contributed by atoms with Crippen LogP contribution in [0.1, 0.15) is 56.0 Å². The summed E-state index contributed by atoms with van der Waals surface area (Å²) >= 11 is 0. The minimum Gasteiger partial charge on any atom is -0.478 e. The zero-order valence-corrected chi connectivity index (χ0v) is 13.6. The van der Waals surface area contributed by atoms with Crippen LogP contribution >= 0.6 is 0 Å². The van der Waals surface area contributed by atoms with Crippen LogP contribution in [0.2, 0.25) is 0 Å². The smallest absolute Gasteiger partial charge is 0.347 e. The third-order valence-corrected chi connectivity index (χ3v) is 3.87. The highest BCUT2D eigenvalue weighted by molar-refractivity contribution is 6.00. The lowest BCUT2D eigenvalue weighted by Gasteiger charge is -2.22. The molecule has 1 unspecified atom stereocenters. The van der Waals surface area contributed by atoms with Crippen LogP contribution in [0.5, 0.6) is 5.75 Å². The second-order valence-corrected chi connectivity index (χ2v) is 5.96. The van der Waals surface area contributed by atoms with Gasteiger partial charge in [0, 0.05) is 12.3 Å². The molecule has 0 aliphatic heterocycles. The molecular formula is C18H24O4. The maximum Gasteiger partial charge on any atom is 0.347 e. The lowest BCUT2D eigenvalue weighted by molar-refractivity contribution is -0.153. The van der Waals surface area contributed by atoms with Crippen LogP contribution in [0.3, 0.4) is 0 Å². The van der Waals surface area contributed by atoms with Gasteiger partial charge in [-0.1, -0.05) is 26.0 Å². The number of aryl methyl sites for hydroxylation is 1. The molecule has 4 nitrogen and oxygen atoms in total. The van der Waals surface area contributed by atoms with E-state index in [0.717, 1.165) is 24.8 Å². The third kappa shape index (κ3) is 3.67. The molecule has 0 N–H and O–H groups in total. The number of carbonyl (C=O) groups excluding carboxylic acids is 2. The van der Waals surface area contributed by atoms with Gasteiger partial charge in [0.15, 0.2) is 11.9 Å². The van der Waals surface area contributed by atoms with Gasteiger partial charge in [-0.05, 0) is 37.8 Å². The van der Waals surface area contributed by atoms with Gasteiger partial charge in [0.1, 0.15) is 5.75 Å². The Morgan fingerprint density at radius 1 is 1.23 bits per heavy atom. The molecule has 0 radical (unpaired) electrons. The maximum atomic E-state index is 12.4. The summed E-state index contributed by atoms with van der Waals surface area (Å²) in [7, 11) is 0. The lowest BCUT2D eigenvalue weighted by Crippen LogP contribution is -2.34. The summed E-state index contributed by atoms with van der Waals surface area (Å²) in [6, 6.07) is 5.63. The number of hydrogen-bond donors (Lipinski definition) is 0. The Kier molecular flexibility index (Phi) is 5.58. The number of rotatable bonds is 5. The highest BCUT2D eigenvalue weighted by Crippen LogP contribution is 2.30. The van der Waals surface area contributed by atoms with E-state index in [2.05, 4.69) is 0 Å². The van der Waals surface area contributed by atoms with Crippen molar-refractivity contribution in [2.75, 3.05) is 6.61 Å². The zero-order valence-electron chi connectivity index (χ0n) is 13.6. The van der Waals surface area contributed by atoms with Crippen LogP contribution in [0.15, 0.2) is 18.2 Å². The van der Waals surface area contributed by atoms with Gasteiger partial charge in [-0.25, -0.2) is 4.79 Å². The first-order chi connectivity index (χ1) is 10.5. The molecule has 0 spiro atoms. The van der Waals surface area contributed by atoms with Gasteiger partial charge < -0.3 is 9.47 Å². The molecule has 1 aromatic rings. The molecule has 22 heavy (non-hydrogen) atoms. The molecule has 0 amide bonds. The second-order valence-electron chi connectivity index (χ2n) is 5.96. The zero-order chi connectivity index (χ0) is 16.1. The first-order valence-electron chi connectivity index (χ1n) is 8.03. The molecule has 0 aromatic heterocycles. The molecule has 4 heteroatoms. The molecule has 1 aromatic carbocycles. The number of ether oxygens (including phenoxy) is 2. The van der Waals surface area contributed by atoms with Crippen LogP contribution in [0, 0.1) is 5.92 Å². The number of ketones is 1. The summed E-state index contributed by atoms with van der Waals surface area (Å²) < 4.78 is 11.0. The molecule has 0 bridgehead atoms. The van der Waals surface area contributed by atoms with Crippen molar-refractivity contribution in [3.63, 3.8) is 0 Å². The summed E-state index contributed by atoms with van der Waals surface area (Å²) in [5.41, 5.74) is 1.67. The Balaban J connectivity index is 2.32. The van der Waals surface area contributed by atoms with Gasteiger partial charge in [-0.2, -0.15) is 0 Å². The normalized spacial score (nSPS) is 15.9. The first kappa shape index (κ1) is 16.5. The molecule has 0 saturated heterocycles. The summed E-state index contributed by atoms with van der Waals surface area (Å²) in [5.74, 6) is 0.206. The predicted octanol–water partition coefficient (Wildman–Crippen LogP) is 3.56. The van der Waals surface area contributed by atoms with Crippen molar-refractivity contribution in [1.29, 1.82) is 0 Å². The average molecular weight is 304 g/mol. The quantitative estimate of drug-likeness (QED) is 0.616. The molecule has 120 valence electrons. The number of esters is 1. The van der Waals surface area contributed by atoms with Gasteiger partial charge in [-0.15, -0.1) is 0 Å². The van der Waals surface area contributed by atoms with E-state index in [-0.39, 0.29) is 17.7 Å². The van der Waals surface area contributed by atoms with Crippen LogP contribution in [-0.4, -0.2) is 24.5 Å². The Morgan fingerprint density at radius 2 is 1.95 bits per heavy atom. The third-order valence-electron chi connectivity index (χ3n) is 3.87. The fourth-order valence-electron chi connectivity index (χ4n) is 2.74. The van der Waals surface area contributed by atoms with Gasteiger partial charge in [0.2, 0.25) is 0 Å². The topological polar surface area (TPSA) is 52.6 Å². The Bertz CT molecular complexity index is 548. The van der Waals surface area contributed by atoms with E-state index in [1.807, 2.05) is 26.0 Å². The van der Waals surface area contributed by atoms with Crippen LogP contribution in [0.25, 0.3) is 0 Å². The van der Waals surface area contributed by atoms with Crippen molar-refractivity contribution >= 4 is 11.8 Å². The summed E-state index contributed by atoms with van der Waals surface area (Å²) in [4.78, 5) is 24.5. The Morgan fingerprint density at radius 3 is 2.64 bits per heavy atom. The lowest BCUT2D eigenvalue weighted by atomic mass is 10.0. The maximum absolute atomic E-state index is 12.4. The molecule has 1 atom stereocenters. The predicted molar refractivity (Wildman–Crippen MR) is 84.2 cm³/mol. The van der Waals surface area contributed by atoms with Crippen molar-refractivity contribution in [3.05, 3.63) is 29.3 Å². The van der Waals surface area contributed by atoms with Gasteiger partial charge in [0.25, 0.3) is 0 Å². The molecule has 1 aliphatic carbocycles. The number of benzene rings is 1. The second kappa shape index (κ2) is 7.43. The summed E-state index contributed by atoms with van der Waals surface area (Å²) in [6.07, 6.45) is 2.64. The van der Waals surface area contributed by atoms with Gasteiger partial charge in [-0.3, -0.25) is 4.79 Å². The van der Waals surface area contributed by atoms with E-state index in [1.165, 1.54) is 0 Å². The SMILES string of the molecule is CCOC(=O)C(Oc1cccc2c1C(=O)CCCC2)C(C)C.